The third-order valence-electron chi connectivity index (χ3n) is 6.24. The molecule has 31 heavy (non-hydrogen) atoms. The summed E-state index contributed by atoms with van der Waals surface area (Å²) in [7, 11) is -3.20. The quantitative estimate of drug-likeness (QED) is 0.469. The molecule has 2 heterocycles. The Morgan fingerprint density at radius 2 is 1.94 bits per heavy atom. The van der Waals surface area contributed by atoms with Crippen LogP contribution in [0.5, 0.6) is 5.75 Å². The van der Waals surface area contributed by atoms with Crippen molar-refractivity contribution in [2.75, 3.05) is 13.1 Å². The van der Waals surface area contributed by atoms with E-state index in [1.165, 1.54) is 9.87 Å². The first-order valence-electron chi connectivity index (χ1n) is 11.2. The summed E-state index contributed by atoms with van der Waals surface area (Å²) in [4.78, 5) is 12.9. The molecule has 2 atom stereocenters. The van der Waals surface area contributed by atoms with Gasteiger partial charge in [0, 0.05) is 19.1 Å². The number of aryl methyl sites for hydroxylation is 1. The highest BCUT2D eigenvalue weighted by Gasteiger charge is 2.40. The molecule has 0 radical (unpaired) electrons. The number of benzene rings is 2. The molecule has 6 nitrogen and oxygen atoms in total. The van der Waals surface area contributed by atoms with E-state index in [1.807, 2.05) is 12.1 Å². The van der Waals surface area contributed by atoms with Crippen molar-refractivity contribution in [3.8, 4) is 5.75 Å². The summed E-state index contributed by atoms with van der Waals surface area (Å²) < 4.78 is 28.5. The first kappa shape index (κ1) is 22.1. The maximum absolute atomic E-state index is 12.6. The van der Waals surface area contributed by atoms with E-state index in [2.05, 4.69) is 24.4 Å². The number of nitrogens with one attached hydrogen (secondary N) is 1. The van der Waals surface area contributed by atoms with E-state index in [0.717, 1.165) is 50.8 Å². The van der Waals surface area contributed by atoms with Crippen LogP contribution in [0.2, 0.25) is 0 Å². The van der Waals surface area contributed by atoms with Gasteiger partial charge in [0.1, 0.15) is 11.9 Å². The Kier molecular flexibility index (Phi) is 6.86. The first-order valence-corrected chi connectivity index (χ1v) is 12.7. The van der Waals surface area contributed by atoms with E-state index >= 15 is 0 Å². The lowest BCUT2D eigenvalue weighted by molar-refractivity contribution is 0.0860. The van der Waals surface area contributed by atoms with Crippen molar-refractivity contribution in [3.05, 3.63) is 59.7 Å². The lowest BCUT2D eigenvalue weighted by atomic mass is 10.0. The van der Waals surface area contributed by atoms with E-state index in [0.29, 0.717) is 23.0 Å². The predicted octanol–water partition coefficient (Wildman–Crippen LogP) is 5.10. The van der Waals surface area contributed by atoms with Gasteiger partial charge in [0.25, 0.3) is 5.91 Å². The molecule has 0 aromatic heterocycles. The van der Waals surface area contributed by atoms with Gasteiger partial charge >= 0.3 is 0 Å². The number of amides is 1. The number of hydrogen-bond acceptors (Lipinski definition) is 5. The van der Waals surface area contributed by atoms with Gasteiger partial charge in [0.2, 0.25) is 0 Å². The molecule has 0 saturated heterocycles. The highest BCUT2D eigenvalue weighted by atomic mass is 32.3. The monoisotopic (exact) mass is 444 g/mol. The Morgan fingerprint density at radius 3 is 2.74 bits per heavy atom. The number of hydrogen-bond donors (Lipinski definition) is 3. The maximum atomic E-state index is 12.6. The molecule has 2 unspecified atom stereocenters. The number of ether oxygens (including phenoxy) is 1. The van der Waals surface area contributed by atoms with E-state index in [9.17, 15) is 13.9 Å². The third kappa shape index (κ3) is 4.75. The Hall–Kier alpha value is -2.06. The summed E-state index contributed by atoms with van der Waals surface area (Å²) in [6, 6.07) is 15.4. The topological polar surface area (TPSA) is 82.0 Å². The minimum Gasteiger partial charge on any atom is -0.489 e. The van der Waals surface area contributed by atoms with Crippen molar-refractivity contribution in [1.82, 2.24) is 9.62 Å². The number of para-hydroxylation sites is 1. The van der Waals surface area contributed by atoms with Gasteiger partial charge in [-0.05, 0) is 55.9 Å². The molecular weight excluding hydrogens is 412 g/mol. The second-order valence-corrected chi connectivity index (χ2v) is 10.2. The molecular formula is C24H32N2O4S. The number of fused-ring (bicyclic) bond motifs is 2. The maximum Gasteiger partial charge on any atom is 0.274 e. The summed E-state index contributed by atoms with van der Waals surface area (Å²) in [5, 5.41) is 3.64. The van der Waals surface area contributed by atoms with Crippen LogP contribution in [0.1, 0.15) is 54.9 Å². The summed E-state index contributed by atoms with van der Waals surface area (Å²) >= 11 is 0. The normalized spacial score (nSPS) is 21.2. The van der Waals surface area contributed by atoms with Crippen molar-refractivity contribution >= 4 is 16.7 Å². The standard InChI is InChI=1S/C24H32N2O4S/c1-2-19(25-17-20-15-14-18-9-3-5-12-22(18)30-20)10-7-8-16-26-24(27)21-11-4-6-13-23(21)31(26,28)29/h3-6,9,11-13,19-20,25,28-29H,2,7-8,10,14-17H2,1H3. The molecule has 2 aliphatic heterocycles. The zero-order valence-corrected chi connectivity index (χ0v) is 18.8. The summed E-state index contributed by atoms with van der Waals surface area (Å²) in [5.41, 5.74) is 1.69. The lowest BCUT2D eigenvalue weighted by Gasteiger charge is -2.37. The number of rotatable bonds is 9. The van der Waals surface area contributed by atoms with E-state index in [4.69, 9.17) is 4.74 Å². The van der Waals surface area contributed by atoms with Gasteiger partial charge in [-0.3, -0.25) is 13.9 Å². The zero-order chi connectivity index (χ0) is 21.8. The fourth-order valence-electron chi connectivity index (χ4n) is 4.40. The van der Waals surface area contributed by atoms with Gasteiger partial charge in [0.05, 0.1) is 10.5 Å². The molecule has 3 N–H and O–H groups in total. The second kappa shape index (κ2) is 9.61. The van der Waals surface area contributed by atoms with Gasteiger partial charge < -0.3 is 10.1 Å². The van der Waals surface area contributed by atoms with Gasteiger partial charge in [-0.2, -0.15) is 0 Å². The minimum absolute atomic E-state index is 0.192. The molecule has 0 spiro atoms. The Morgan fingerprint density at radius 1 is 1.16 bits per heavy atom. The predicted molar refractivity (Wildman–Crippen MR) is 124 cm³/mol. The highest BCUT2D eigenvalue weighted by Crippen LogP contribution is 2.58. The van der Waals surface area contributed by atoms with Crippen molar-refractivity contribution in [2.24, 2.45) is 0 Å². The van der Waals surface area contributed by atoms with Gasteiger partial charge in [-0.15, -0.1) is 0 Å². The van der Waals surface area contributed by atoms with Crippen LogP contribution in [0.4, 0.5) is 0 Å². The van der Waals surface area contributed by atoms with Gasteiger partial charge in [-0.1, -0.05) is 54.5 Å². The van der Waals surface area contributed by atoms with Crippen LogP contribution in [0.25, 0.3) is 0 Å². The summed E-state index contributed by atoms with van der Waals surface area (Å²) in [5.74, 6) is 0.722. The average Bonchev–Trinajstić information content (AvgIpc) is 2.99. The largest absolute Gasteiger partial charge is 0.489 e. The Labute approximate surface area is 186 Å². The summed E-state index contributed by atoms with van der Waals surface area (Å²) in [6.07, 6.45) is 5.92. The fourth-order valence-corrected chi connectivity index (χ4v) is 6.06. The smallest absolute Gasteiger partial charge is 0.274 e. The molecule has 1 amide bonds. The number of nitrogens with zero attached hydrogens (tertiary/aromatic N) is 1. The molecule has 2 aromatic rings. The fraction of sp³-hybridized carbons (Fsp3) is 0.458. The second-order valence-electron chi connectivity index (χ2n) is 8.32. The summed E-state index contributed by atoms with van der Waals surface area (Å²) in [6.45, 7) is 3.36. The molecule has 0 aliphatic carbocycles. The van der Waals surface area contributed by atoms with Crippen LogP contribution in [0.3, 0.4) is 0 Å². The third-order valence-corrected chi connectivity index (χ3v) is 8.15. The van der Waals surface area contributed by atoms with Crippen LogP contribution in [0.15, 0.2) is 53.4 Å². The van der Waals surface area contributed by atoms with Crippen molar-refractivity contribution in [2.45, 2.75) is 62.5 Å². The van der Waals surface area contributed by atoms with E-state index in [-0.39, 0.29) is 12.0 Å². The van der Waals surface area contributed by atoms with Crippen molar-refractivity contribution in [1.29, 1.82) is 0 Å². The van der Waals surface area contributed by atoms with Crippen molar-refractivity contribution in [3.63, 3.8) is 0 Å². The molecule has 0 saturated carbocycles. The Bertz CT molecular complexity index is 920. The minimum atomic E-state index is -3.20. The van der Waals surface area contributed by atoms with Crippen LogP contribution in [-0.4, -0.2) is 44.6 Å². The molecule has 2 aromatic carbocycles. The molecule has 4 rings (SSSR count). The lowest BCUT2D eigenvalue weighted by Crippen LogP contribution is -2.39. The van der Waals surface area contributed by atoms with Gasteiger partial charge in [0.15, 0.2) is 0 Å². The van der Waals surface area contributed by atoms with Crippen LogP contribution >= 0.6 is 10.8 Å². The number of carbonyl (C=O) groups excluding carboxylic acids is 1. The van der Waals surface area contributed by atoms with Gasteiger partial charge in [-0.25, -0.2) is 4.31 Å². The number of carbonyl (C=O) groups is 1. The van der Waals surface area contributed by atoms with Crippen LogP contribution in [-0.2, 0) is 6.42 Å². The average molecular weight is 445 g/mol. The first-order chi connectivity index (χ1) is 15.0. The van der Waals surface area contributed by atoms with Crippen LogP contribution < -0.4 is 10.1 Å². The SMILES string of the molecule is CCC(CCCCN1C(=O)c2ccccc2S1(O)O)NCC1CCc2ccccc2O1. The zero-order valence-electron chi connectivity index (χ0n) is 18.0. The molecule has 168 valence electrons. The van der Waals surface area contributed by atoms with Crippen LogP contribution in [0, 0.1) is 0 Å². The van der Waals surface area contributed by atoms with E-state index in [1.54, 1.807) is 24.3 Å². The Balaban J connectivity index is 1.21. The van der Waals surface area contributed by atoms with E-state index < -0.39 is 10.8 Å². The highest BCUT2D eigenvalue weighted by molar-refractivity contribution is 8.23. The molecule has 0 bridgehead atoms. The molecule has 0 fully saturated rings. The van der Waals surface area contributed by atoms with Crippen molar-refractivity contribution < 1.29 is 18.6 Å². The number of unbranched alkanes of at least 4 members (excludes halogenated alkanes) is 1. The molecule has 7 heteroatoms. The molecule has 2 aliphatic rings.